The smallest absolute Gasteiger partial charge is 0.247 e. The van der Waals surface area contributed by atoms with Crippen molar-refractivity contribution in [2.24, 2.45) is 5.73 Å². The lowest BCUT2D eigenvalue weighted by molar-refractivity contribution is -0.140. The third-order valence-electron chi connectivity index (χ3n) is 4.68. The average Bonchev–Trinajstić information content (AvgIpc) is 2.54. The molecule has 3 atom stereocenters. The van der Waals surface area contributed by atoms with Gasteiger partial charge in [0.05, 0.1) is 6.10 Å². The van der Waals surface area contributed by atoms with E-state index in [1.165, 1.54) is 0 Å². The molecule has 1 fully saturated rings. The van der Waals surface area contributed by atoms with Gasteiger partial charge in [0, 0.05) is 32.2 Å². The van der Waals surface area contributed by atoms with Gasteiger partial charge in [0.2, 0.25) is 5.91 Å². The summed E-state index contributed by atoms with van der Waals surface area (Å²) in [5, 5.41) is 9.63. The first-order valence-electron chi connectivity index (χ1n) is 8.42. The summed E-state index contributed by atoms with van der Waals surface area (Å²) in [6.45, 7) is 8.46. The van der Waals surface area contributed by atoms with Crippen LogP contribution in [0.3, 0.4) is 0 Å². The summed E-state index contributed by atoms with van der Waals surface area (Å²) >= 11 is 0. The number of hydrogen-bond acceptors (Lipinski definition) is 4. The number of nitrogens with zero attached hydrogens (tertiary/aromatic N) is 2. The number of piperazine rings is 1. The summed E-state index contributed by atoms with van der Waals surface area (Å²) in [4.78, 5) is 17.1. The minimum absolute atomic E-state index is 0.0288. The molecule has 1 amide bonds. The zero-order valence-corrected chi connectivity index (χ0v) is 14.4. The van der Waals surface area contributed by atoms with E-state index < -0.39 is 5.54 Å². The first-order valence-corrected chi connectivity index (χ1v) is 8.42. The van der Waals surface area contributed by atoms with Gasteiger partial charge in [-0.3, -0.25) is 9.69 Å². The number of nitrogens with two attached hydrogens (primary N) is 1. The summed E-state index contributed by atoms with van der Waals surface area (Å²) in [6.07, 6.45) is 0.596. The number of carbonyl (C=O) groups is 1. The molecule has 1 saturated heterocycles. The van der Waals surface area contributed by atoms with Crippen molar-refractivity contribution >= 4 is 5.91 Å². The maximum absolute atomic E-state index is 12.9. The zero-order chi connectivity index (χ0) is 17.0. The third kappa shape index (κ3) is 4.10. The van der Waals surface area contributed by atoms with Gasteiger partial charge in [0.25, 0.3) is 0 Å². The van der Waals surface area contributed by atoms with Gasteiger partial charge in [0.1, 0.15) is 5.54 Å². The maximum Gasteiger partial charge on any atom is 0.247 e. The Morgan fingerprint density at radius 3 is 2.61 bits per heavy atom. The lowest BCUT2D eigenvalue weighted by atomic mass is 9.91. The minimum atomic E-state index is -1.01. The number of rotatable bonds is 5. The van der Waals surface area contributed by atoms with Crippen molar-refractivity contribution in [1.82, 2.24) is 9.80 Å². The number of hydrogen-bond donors (Lipinski definition) is 2. The molecule has 0 spiro atoms. The first-order chi connectivity index (χ1) is 10.9. The van der Waals surface area contributed by atoms with Gasteiger partial charge < -0.3 is 15.7 Å². The van der Waals surface area contributed by atoms with Crippen LogP contribution >= 0.6 is 0 Å². The van der Waals surface area contributed by atoms with Crippen LogP contribution in [0.5, 0.6) is 0 Å². The van der Waals surface area contributed by atoms with E-state index in [1.807, 2.05) is 35.2 Å². The van der Waals surface area contributed by atoms with Crippen LogP contribution in [0, 0.1) is 0 Å². The molecule has 1 heterocycles. The molecule has 0 saturated carbocycles. The zero-order valence-electron chi connectivity index (χ0n) is 14.4. The monoisotopic (exact) mass is 319 g/mol. The van der Waals surface area contributed by atoms with Crippen molar-refractivity contribution in [3.63, 3.8) is 0 Å². The summed E-state index contributed by atoms with van der Waals surface area (Å²) in [5.74, 6) is -0.0288. The Balaban J connectivity index is 2.09. The molecule has 5 nitrogen and oxygen atoms in total. The fourth-order valence-electron chi connectivity index (χ4n) is 3.28. The van der Waals surface area contributed by atoms with Gasteiger partial charge in [-0.2, -0.15) is 0 Å². The Labute approximate surface area is 139 Å². The number of aliphatic hydroxyl groups excluding tert-OH is 1. The second kappa shape index (κ2) is 7.43. The summed E-state index contributed by atoms with van der Waals surface area (Å²) in [6, 6.07) is 9.81. The van der Waals surface area contributed by atoms with Gasteiger partial charge >= 0.3 is 0 Å². The van der Waals surface area contributed by atoms with Crippen LogP contribution in [0.2, 0.25) is 0 Å². The lowest BCUT2D eigenvalue weighted by Gasteiger charge is -2.43. The fourth-order valence-corrected chi connectivity index (χ4v) is 3.28. The van der Waals surface area contributed by atoms with E-state index in [0.717, 1.165) is 18.5 Å². The van der Waals surface area contributed by atoms with Crippen molar-refractivity contribution in [1.29, 1.82) is 0 Å². The van der Waals surface area contributed by atoms with E-state index in [-0.39, 0.29) is 18.1 Å². The molecule has 3 unspecified atom stereocenters. The first kappa shape index (κ1) is 17.9. The van der Waals surface area contributed by atoms with E-state index in [4.69, 9.17) is 5.73 Å². The van der Waals surface area contributed by atoms with E-state index in [2.05, 4.69) is 11.8 Å². The normalized spacial score (nSPS) is 23.3. The van der Waals surface area contributed by atoms with Crippen LogP contribution in [0.25, 0.3) is 0 Å². The number of carbonyl (C=O) groups excluding carboxylic acids is 1. The third-order valence-corrected chi connectivity index (χ3v) is 4.68. The van der Waals surface area contributed by atoms with E-state index in [0.29, 0.717) is 19.6 Å². The second-order valence-electron chi connectivity index (χ2n) is 6.73. The lowest BCUT2D eigenvalue weighted by Crippen LogP contribution is -2.60. The molecule has 1 aromatic carbocycles. The van der Waals surface area contributed by atoms with Crippen molar-refractivity contribution in [2.75, 3.05) is 26.2 Å². The predicted molar refractivity (Wildman–Crippen MR) is 91.9 cm³/mol. The highest BCUT2D eigenvalue weighted by molar-refractivity contribution is 5.87. The topological polar surface area (TPSA) is 69.8 Å². The minimum Gasteiger partial charge on any atom is -0.392 e. The van der Waals surface area contributed by atoms with Gasteiger partial charge in [-0.25, -0.2) is 0 Å². The average molecular weight is 319 g/mol. The molecular formula is C18H29N3O2. The SMILES string of the molecule is CCC1CN(C(=O)C(C)(N)c2ccccc2)CCN1CC(C)O. The van der Waals surface area contributed by atoms with Gasteiger partial charge in [-0.15, -0.1) is 0 Å². The van der Waals surface area contributed by atoms with Crippen molar-refractivity contribution < 1.29 is 9.90 Å². The van der Waals surface area contributed by atoms with Crippen molar-refractivity contribution in [3.05, 3.63) is 35.9 Å². The largest absolute Gasteiger partial charge is 0.392 e. The van der Waals surface area contributed by atoms with Crippen LogP contribution in [0.1, 0.15) is 32.8 Å². The molecule has 2 rings (SSSR count). The number of β-amino-alcohol motifs (C(OH)–C–C–N with tert-alkyl or cyclic N) is 1. The maximum atomic E-state index is 12.9. The van der Waals surface area contributed by atoms with E-state index >= 15 is 0 Å². The van der Waals surface area contributed by atoms with E-state index in [9.17, 15) is 9.90 Å². The molecule has 23 heavy (non-hydrogen) atoms. The highest BCUT2D eigenvalue weighted by Gasteiger charge is 2.37. The second-order valence-corrected chi connectivity index (χ2v) is 6.73. The van der Waals surface area contributed by atoms with E-state index in [1.54, 1.807) is 13.8 Å². The van der Waals surface area contributed by atoms with Crippen LogP contribution in [-0.4, -0.2) is 59.1 Å². The Morgan fingerprint density at radius 1 is 1.39 bits per heavy atom. The Morgan fingerprint density at radius 2 is 2.04 bits per heavy atom. The standard InChI is InChI=1S/C18H29N3O2/c1-4-16-13-21(11-10-20(16)12-14(2)22)17(23)18(3,19)15-8-6-5-7-9-15/h5-9,14,16,22H,4,10-13,19H2,1-3H3. The highest BCUT2D eigenvalue weighted by atomic mass is 16.3. The molecule has 3 N–H and O–H groups in total. The fraction of sp³-hybridized carbons (Fsp3) is 0.611. The quantitative estimate of drug-likeness (QED) is 0.854. The number of amides is 1. The molecule has 0 aliphatic carbocycles. The summed E-state index contributed by atoms with van der Waals surface area (Å²) < 4.78 is 0. The molecule has 0 aromatic heterocycles. The van der Waals surface area contributed by atoms with Crippen LogP contribution in [0.4, 0.5) is 0 Å². The summed E-state index contributed by atoms with van der Waals surface area (Å²) in [7, 11) is 0. The highest BCUT2D eigenvalue weighted by Crippen LogP contribution is 2.23. The molecule has 1 aromatic rings. The Kier molecular flexibility index (Phi) is 5.79. The predicted octanol–water partition coefficient (Wildman–Crippen LogP) is 1.16. The Hall–Kier alpha value is -1.43. The molecule has 128 valence electrons. The summed E-state index contributed by atoms with van der Waals surface area (Å²) in [5.41, 5.74) is 6.20. The van der Waals surface area contributed by atoms with Gasteiger partial charge in [0.15, 0.2) is 0 Å². The van der Waals surface area contributed by atoms with Crippen LogP contribution < -0.4 is 5.73 Å². The molecule has 0 radical (unpaired) electrons. The molecule has 0 bridgehead atoms. The van der Waals surface area contributed by atoms with Gasteiger partial charge in [-0.1, -0.05) is 37.3 Å². The van der Waals surface area contributed by atoms with Crippen molar-refractivity contribution in [2.45, 2.75) is 44.9 Å². The van der Waals surface area contributed by atoms with Crippen LogP contribution in [0.15, 0.2) is 30.3 Å². The molecule has 5 heteroatoms. The number of aliphatic hydroxyl groups is 1. The molecule has 1 aliphatic rings. The van der Waals surface area contributed by atoms with Gasteiger partial charge in [-0.05, 0) is 25.8 Å². The van der Waals surface area contributed by atoms with Crippen LogP contribution in [-0.2, 0) is 10.3 Å². The Bertz CT molecular complexity index is 516. The molecular weight excluding hydrogens is 290 g/mol. The molecule has 1 aliphatic heterocycles. The van der Waals surface area contributed by atoms with Crippen molar-refractivity contribution in [3.8, 4) is 0 Å². The number of benzene rings is 1.